The molecular formula is C10H15N2O2S. The van der Waals surface area contributed by atoms with Crippen molar-refractivity contribution in [3.05, 3.63) is 22.7 Å². The summed E-state index contributed by atoms with van der Waals surface area (Å²) in [6, 6.07) is 1.75. The van der Waals surface area contributed by atoms with E-state index in [1.807, 2.05) is 6.42 Å². The van der Waals surface area contributed by atoms with Crippen molar-refractivity contribution < 1.29 is 9.53 Å². The van der Waals surface area contributed by atoms with Crippen LogP contribution in [0.5, 0.6) is 5.75 Å². The second-order valence-electron chi connectivity index (χ2n) is 3.01. The molecule has 0 saturated carbocycles. The van der Waals surface area contributed by atoms with Gasteiger partial charge < -0.3 is 16.2 Å². The Bertz CT molecular complexity index is 312. The highest BCUT2D eigenvalue weighted by molar-refractivity contribution is 7.12. The summed E-state index contributed by atoms with van der Waals surface area (Å²) in [5.41, 5.74) is 10.5. The van der Waals surface area contributed by atoms with E-state index in [9.17, 15) is 4.79 Å². The summed E-state index contributed by atoms with van der Waals surface area (Å²) >= 11 is 1.29. The number of thiophene rings is 1. The lowest BCUT2D eigenvalue weighted by atomic mass is 10.2. The first-order valence-corrected chi connectivity index (χ1v) is 5.65. The van der Waals surface area contributed by atoms with Crippen molar-refractivity contribution in [1.82, 2.24) is 0 Å². The summed E-state index contributed by atoms with van der Waals surface area (Å²) in [6.45, 7) is 1.17. The van der Waals surface area contributed by atoms with Crippen LogP contribution >= 0.6 is 11.3 Å². The molecule has 0 saturated heterocycles. The third-order valence-corrected chi connectivity index (χ3v) is 2.73. The minimum Gasteiger partial charge on any atom is -0.492 e. The van der Waals surface area contributed by atoms with E-state index < -0.39 is 5.91 Å². The number of carbonyl (C=O) groups excluding carboxylic acids is 1. The number of unbranched alkanes of at least 4 members (excludes halogenated alkanes) is 2. The zero-order valence-corrected chi connectivity index (χ0v) is 9.26. The molecule has 0 fully saturated rings. The first-order chi connectivity index (χ1) is 7.25. The molecule has 5 heteroatoms. The Balaban J connectivity index is 2.31. The average molecular weight is 227 g/mol. The normalized spacial score (nSPS) is 10.2. The van der Waals surface area contributed by atoms with Crippen molar-refractivity contribution in [3.63, 3.8) is 0 Å². The van der Waals surface area contributed by atoms with Crippen LogP contribution in [0.2, 0.25) is 0 Å². The van der Waals surface area contributed by atoms with E-state index in [0.717, 1.165) is 12.8 Å². The van der Waals surface area contributed by atoms with E-state index in [1.54, 1.807) is 11.4 Å². The van der Waals surface area contributed by atoms with Gasteiger partial charge in [0.25, 0.3) is 5.91 Å². The average Bonchev–Trinajstić information content (AvgIpc) is 2.66. The van der Waals surface area contributed by atoms with Gasteiger partial charge in [0.2, 0.25) is 0 Å². The summed E-state index contributed by atoms with van der Waals surface area (Å²) in [5, 5.41) is 1.79. The molecule has 1 aromatic heterocycles. The molecule has 1 amide bonds. The number of nitrogens with two attached hydrogens (primary N) is 2. The molecule has 0 bridgehead atoms. The molecule has 4 N–H and O–H groups in total. The molecule has 4 nitrogen and oxygen atoms in total. The SMILES string of the molecule is NCCC[CH]COc1ccsc1C(N)=O. The molecular weight excluding hydrogens is 212 g/mol. The van der Waals surface area contributed by atoms with Crippen LogP contribution in [0.1, 0.15) is 22.5 Å². The minimum absolute atomic E-state index is 0.443. The Morgan fingerprint density at radius 3 is 3.07 bits per heavy atom. The van der Waals surface area contributed by atoms with Crippen molar-refractivity contribution in [1.29, 1.82) is 0 Å². The van der Waals surface area contributed by atoms with Crippen molar-refractivity contribution in [3.8, 4) is 5.75 Å². The third-order valence-electron chi connectivity index (χ3n) is 1.82. The van der Waals surface area contributed by atoms with Crippen LogP contribution < -0.4 is 16.2 Å². The van der Waals surface area contributed by atoms with Crippen molar-refractivity contribution in [2.24, 2.45) is 11.5 Å². The van der Waals surface area contributed by atoms with Gasteiger partial charge in [0, 0.05) is 0 Å². The van der Waals surface area contributed by atoms with Crippen LogP contribution in [0.25, 0.3) is 0 Å². The maximum absolute atomic E-state index is 10.9. The van der Waals surface area contributed by atoms with Crippen molar-refractivity contribution >= 4 is 17.2 Å². The molecule has 0 aliphatic carbocycles. The Kier molecular flexibility index (Phi) is 5.14. The summed E-state index contributed by atoms with van der Waals surface area (Å²) in [7, 11) is 0. The molecule has 1 aromatic rings. The largest absolute Gasteiger partial charge is 0.492 e. The fourth-order valence-electron chi connectivity index (χ4n) is 1.09. The molecule has 83 valence electrons. The molecule has 1 heterocycles. The van der Waals surface area contributed by atoms with Gasteiger partial charge >= 0.3 is 0 Å². The van der Waals surface area contributed by atoms with Gasteiger partial charge in [-0.1, -0.05) is 0 Å². The fraction of sp³-hybridized carbons (Fsp3) is 0.400. The van der Waals surface area contributed by atoms with Crippen LogP contribution in [-0.2, 0) is 0 Å². The Morgan fingerprint density at radius 2 is 2.40 bits per heavy atom. The summed E-state index contributed by atoms with van der Waals surface area (Å²) in [4.78, 5) is 11.4. The van der Waals surface area contributed by atoms with Gasteiger partial charge in [-0.2, -0.15) is 0 Å². The standard InChI is InChI=1S/C10H15N2O2S/c11-5-2-1-3-6-14-8-4-7-15-9(8)10(12)13/h3-4,7H,1-2,5-6,11H2,(H2,12,13). The smallest absolute Gasteiger partial charge is 0.262 e. The predicted molar refractivity (Wildman–Crippen MR) is 60.9 cm³/mol. The monoisotopic (exact) mass is 227 g/mol. The van der Waals surface area contributed by atoms with Gasteiger partial charge in [0.05, 0.1) is 6.61 Å². The Morgan fingerprint density at radius 1 is 1.60 bits per heavy atom. The highest BCUT2D eigenvalue weighted by Crippen LogP contribution is 2.24. The van der Waals surface area contributed by atoms with Crippen LogP contribution in [0.4, 0.5) is 0 Å². The first kappa shape index (κ1) is 12.0. The molecule has 0 spiro atoms. The lowest BCUT2D eigenvalue weighted by Gasteiger charge is -2.04. The van der Waals surface area contributed by atoms with Crippen molar-refractivity contribution in [2.45, 2.75) is 12.8 Å². The summed E-state index contributed by atoms with van der Waals surface area (Å²) < 4.78 is 5.40. The number of ether oxygens (including phenoxy) is 1. The van der Waals surface area contributed by atoms with Crippen molar-refractivity contribution in [2.75, 3.05) is 13.2 Å². The maximum Gasteiger partial charge on any atom is 0.262 e. The Hall–Kier alpha value is -1.07. The van der Waals surface area contributed by atoms with Gasteiger partial charge in [-0.25, -0.2) is 0 Å². The summed E-state index contributed by atoms with van der Waals surface area (Å²) in [6.07, 6.45) is 3.87. The third kappa shape index (κ3) is 3.89. The molecule has 15 heavy (non-hydrogen) atoms. The van der Waals surface area contributed by atoms with Crippen LogP contribution in [0, 0.1) is 6.42 Å². The van der Waals surface area contributed by atoms with Gasteiger partial charge in [0.15, 0.2) is 0 Å². The van der Waals surface area contributed by atoms with Crippen LogP contribution in [-0.4, -0.2) is 19.1 Å². The predicted octanol–water partition coefficient (Wildman–Crippen LogP) is 1.17. The lowest BCUT2D eigenvalue weighted by Crippen LogP contribution is -2.11. The van der Waals surface area contributed by atoms with E-state index in [1.165, 1.54) is 11.3 Å². The minimum atomic E-state index is -0.443. The fourth-order valence-corrected chi connectivity index (χ4v) is 1.77. The van der Waals surface area contributed by atoms with Crippen LogP contribution in [0.3, 0.4) is 0 Å². The molecule has 1 rings (SSSR count). The maximum atomic E-state index is 10.9. The molecule has 0 aromatic carbocycles. The topological polar surface area (TPSA) is 78.3 Å². The number of carbonyl (C=O) groups is 1. The quantitative estimate of drug-likeness (QED) is 0.686. The highest BCUT2D eigenvalue weighted by Gasteiger charge is 2.10. The number of primary amides is 1. The van der Waals surface area contributed by atoms with E-state index >= 15 is 0 Å². The van der Waals surface area contributed by atoms with Gasteiger partial charge in [-0.15, -0.1) is 11.3 Å². The van der Waals surface area contributed by atoms with Gasteiger partial charge in [-0.3, -0.25) is 4.79 Å². The van der Waals surface area contributed by atoms with Gasteiger partial charge in [0.1, 0.15) is 10.6 Å². The number of hydrogen-bond donors (Lipinski definition) is 2. The van der Waals surface area contributed by atoms with E-state index in [4.69, 9.17) is 16.2 Å². The molecule has 0 atom stereocenters. The zero-order valence-electron chi connectivity index (χ0n) is 8.44. The lowest BCUT2D eigenvalue weighted by molar-refractivity contribution is 0.100. The second-order valence-corrected chi connectivity index (χ2v) is 3.92. The molecule has 0 aliphatic rings. The van der Waals surface area contributed by atoms with E-state index in [2.05, 4.69) is 0 Å². The number of amides is 1. The van der Waals surface area contributed by atoms with E-state index in [0.29, 0.717) is 23.8 Å². The van der Waals surface area contributed by atoms with E-state index in [-0.39, 0.29) is 0 Å². The molecule has 0 aliphatic heterocycles. The highest BCUT2D eigenvalue weighted by atomic mass is 32.1. The first-order valence-electron chi connectivity index (χ1n) is 4.77. The summed E-state index contributed by atoms with van der Waals surface area (Å²) in [5.74, 6) is 0.124. The van der Waals surface area contributed by atoms with Crippen LogP contribution in [0.15, 0.2) is 11.4 Å². The zero-order chi connectivity index (χ0) is 11.1. The Labute approximate surface area is 93.2 Å². The second kappa shape index (κ2) is 6.42. The molecule has 0 unspecified atom stereocenters. The number of rotatable bonds is 7. The molecule has 1 radical (unpaired) electrons. The van der Waals surface area contributed by atoms with Gasteiger partial charge in [-0.05, 0) is 37.3 Å². The number of hydrogen-bond acceptors (Lipinski definition) is 4.